The van der Waals surface area contributed by atoms with Crippen molar-refractivity contribution in [3.8, 4) is 11.1 Å². The van der Waals surface area contributed by atoms with Crippen LogP contribution in [-0.4, -0.2) is 4.98 Å². The first kappa shape index (κ1) is 18.9. The monoisotopic (exact) mass is 405 g/mol. The van der Waals surface area contributed by atoms with Crippen molar-refractivity contribution in [2.24, 2.45) is 0 Å². The Morgan fingerprint density at radius 3 is 2.50 bits per heavy atom. The molecule has 0 bridgehead atoms. The second kappa shape index (κ2) is 8.70. The third-order valence-corrected chi connectivity index (χ3v) is 5.85. The van der Waals surface area contributed by atoms with Crippen LogP contribution in [0.1, 0.15) is 27.7 Å². The van der Waals surface area contributed by atoms with Gasteiger partial charge in [0.05, 0.1) is 17.0 Å². The number of thiazole rings is 1. The van der Waals surface area contributed by atoms with Crippen LogP contribution in [0.2, 0.25) is 5.02 Å². The Labute approximate surface area is 174 Å². The van der Waals surface area contributed by atoms with Crippen LogP contribution >= 0.6 is 22.9 Å². The van der Waals surface area contributed by atoms with Crippen molar-refractivity contribution in [2.45, 2.75) is 19.6 Å². The van der Waals surface area contributed by atoms with Crippen LogP contribution in [0.3, 0.4) is 0 Å². The van der Waals surface area contributed by atoms with E-state index in [1.165, 1.54) is 5.56 Å². The van der Waals surface area contributed by atoms with Crippen molar-refractivity contribution in [1.29, 1.82) is 0 Å². The molecular formula is C24H20ClNOS. The van der Waals surface area contributed by atoms with E-state index in [4.69, 9.17) is 16.3 Å². The topological polar surface area (TPSA) is 22.1 Å². The summed E-state index contributed by atoms with van der Waals surface area (Å²) in [5.41, 5.74) is 7.41. The molecule has 0 radical (unpaired) electrons. The van der Waals surface area contributed by atoms with E-state index >= 15 is 0 Å². The summed E-state index contributed by atoms with van der Waals surface area (Å²) < 4.78 is 6.35. The molecule has 0 fully saturated rings. The Kier molecular flexibility index (Phi) is 5.87. The molecule has 4 aromatic rings. The molecule has 0 saturated heterocycles. The number of nitrogens with zero attached hydrogens (tertiary/aromatic N) is 1. The molecule has 1 unspecified atom stereocenters. The molecular weight excluding hydrogens is 386 g/mol. The number of halogens is 1. The molecule has 3 aromatic carbocycles. The average molecular weight is 406 g/mol. The number of benzene rings is 3. The van der Waals surface area contributed by atoms with E-state index in [2.05, 4.69) is 42.2 Å². The van der Waals surface area contributed by atoms with Crippen molar-refractivity contribution >= 4 is 22.9 Å². The van der Waals surface area contributed by atoms with E-state index in [1.54, 1.807) is 11.3 Å². The lowest BCUT2D eigenvalue weighted by Crippen LogP contribution is -2.05. The van der Waals surface area contributed by atoms with Crippen molar-refractivity contribution in [3.63, 3.8) is 0 Å². The van der Waals surface area contributed by atoms with Gasteiger partial charge in [-0.1, -0.05) is 72.3 Å². The van der Waals surface area contributed by atoms with Crippen LogP contribution in [0, 0.1) is 6.92 Å². The van der Waals surface area contributed by atoms with Gasteiger partial charge in [0.1, 0.15) is 6.10 Å². The van der Waals surface area contributed by atoms with Gasteiger partial charge in [0.2, 0.25) is 0 Å². The largest absolute Gasteiger partial charge is 0.363 e. The summed E-state index contributed by atoms with van der Waals surface area (Å²) in [4.78, 5) is 5.33. The fraction of sp³-hybridized carbons (Fsp3) is 0.125. The zero-order chi connectivity index (χ0) is 19.3. The highest BCUT2D eigenvalue weighted by molar-refractivity contribution is 7.09. The summed E-state index contributed by atoms with van der Waals surface area (Å²) in [5.74, 6) is 0. The highest BCUT2D eigenvalue weighted by atomic mass is 35.5. The predicted molar refractivity (Wildman–Crippen MR) is 117 cm³/mol. The maximum atomic E-state index is 6.55. The predicted octanol–water partition coefficient (Wildman–Crippen LogP) is 7.08. The number of aromatic nitrogens is 1. The van der Waals surface area contributed by atoms with Crippen LogP contribution in [0.5, 0.6) is 0 Å². The summed E-state index contributed by atoms with van der Waals surface area (Å²) in [6, 6.07) is 24.6. The second-order valence-electron chi connectivity index (χ2n) is 6.63. The summed E-state index contributed by atoms with van der Waals surface area (Å²) >= 11 is 8.16. The van der Waals surface area contributed by atoms with Crippen LogP contribution < -0.4 is 0 Å². The number of hydrogen-bond acceptors (Lipinski definition) is 3. The minimum absolute atomic E-state index is 0.187. The minimum atomic E-state index is -0.187. The van der Waals surface area contributed by atoms with Gasteiger partial charge in [0.15, 0.2) is 0 Å². The quantitative estimate of drug-likeness (QED) is 0.342. The smallest absolute Gasteiger partial charge is 0.119 e. The molecule has 0 aliphatic heterocycles. The zero-order valence-electron chi connectivity index (χ0n) is 15.5. The van der Waals surface area contributed by atoms with Gasteiger partial charge in [0.25, 0.3) is 0 Å². The fourth-order valence-corrected chi connectivity index (χ4v) is 4.15. The summed E-state index contributed by atoms with van der Waals surface area (Å²) in [6.45, 7) is 2.64. The van der Waals surface area contributed by atoms with E-state index in [0.29, 0.717) is 6.61 Å². The number of ether oxygens (including phenoxy) is 1. The third kappa shape index (κ3) is 4.17. The average Bonchev–Trinajstić information content (AvgIpc) is 3.25. The van der Waals surface area contributed by atoms with E-state index < -0.39 is 0 Å². The molecule has 4 rings (SSSR count). The van der Waals surface area contributed by atoms with Crippen molar-refractivity contribution in [2.75, 3.05) is 0 Å². The minimum Gasteiger partial charge on any atom is -0.363 e. The van der Waals surface area contributed by atoms with Gasteiger partial charge in [0, 0.05) is 16.8 Å². The van der Waals surface area contributed by atoms with Crippen LogP contribution in [0.15, 0.2) is 84.5 Å². The molecule has 0 spiro atoms. The van der Waals surface area contributed by atoms with Gasteiger partial charge in [-0.15, -0.1) is 11.3 Å². The van der Waals surface area contributed by atoms with E-state index in [0.717, 1.165) is 32.2 Å². The maximum Gasteiger partial charge on any atom is 0.119 e. The van der Waals surface area contributed by atoms with Gasteiger partial charge in [-0.05, 0) is 41.3 Å². The van der Waals surface area contributed by atoms with Gasteiger partial charge >= 0.3 is 0 Å². The van der Waals surface area contributed by atoms with E-state index in [1.807, 2.05) is 54.2 Å². The molecule has 28 heavy (non-hydrogen) atoms. The van der Waals surface area contributed by atoms with E-state index in [9.17, 15) is 0 Å². The van der Waals surface area contributed by atoms with E-state index in [-0.39, 0.29) is 6.10 Å². The highest BCUT2D eigenvalue weighted by Crippen LogP contribution is 2.36. The van der Waals surface area contributed by atoms with Crippen molar-refractivity contribution < 1.29 is 4.74 Å². The summed E-state index contributed by atoms with van der Waals surface area (Å²) in [5, 5.41) is 0.740. The first-order chi connectivity index (χ1) is 13.7. The maximum absolute atomic E-state index is 6.55. The molecule has 4 heteroatoms. The van der Waals surface area contributed by atoms with Gasteiger partial charge < -0.3 is 4.74 Å². The number of rotatable bonds is 6. The molecule has 0 aliphatic carbocycles. The SMILES string of the molecule is Cc1ccccc1-c1cc(C(OCc2ccccc2)c2cncs2)ccc1Cl. The molecule has 0 N–H and O–H groups in total. The normalized spacial score (nSPS) is 12.1. The summed E-state index contributed by atoms with van der Waals surface area (Å²) in [7, 11) is 0. The molecule has 1 heterocycles. The lowest BCUT2D eigenvalue weighted by Gasteiger charge is -2.19. The highest BCUT2D eigenvalue weighted by Gasteiger charge is 2.19. The Morgan fingerprint density at radius 1 is 0.964 bits per heavy atom. The molecule has 2 nitrogen and oxygen atoms in total. The molecule has 0 amide bonds. The molecule has 1 aromatic heterocycles. The van der Waals surface area contributed by atoms with Crippen LogP contribution in [-0.2, 0) is 11.3 Å². The molecule has 0 saturated carbocycles. The van der Waals surface area contributed by atoms with Crippen LogP contribution in [0.4, 0.5) is 0 Å². The summed E-state index contributed by atoms with van der Waals surface area (Å²) in [6.07, 6.45) is 1.69. The lowest BCUT2D eigenvalue weighted by molar-refractivity contribution is 0.0689. The first-order valence-electron chi connectivity index (χ1n) is 9.12. The molecule has 140 valence electrons. The third-order valence-electron chi connectivity index (χ3n) is 4.70. The standard InChI is InChI=1S/C24H20ClNOS/c1-17-7-5-6-10-20(17)21-13-19(11-12-22(21)25)24(23-14-26-16-28-23)27-15-18-8-3-2-4-9-18/h2-14,16,24H,15H2,1H3. The van der Waals surface area contributed by atoms with Crippen molar-refractivity contribution in [3.05, 3.63) is 111 Å². The van der Waals surface area contributed by atoms with Crippen molar-refractivity contribution in [1.82, 2.24) is 4.98 Å². The number of aryl methyl sites for hydroxylation is 1. The second-order valence-corrected chi connectivity index (χ2v) is 7.96. The zero-order valence-corrected chi connectivity index (χ0v) is 17.1. The Balaban J connectivity index is 1.70. The number of hydrogen-bond donors (Lipinski definition) is 0. The Hall–Kier alpha value is -2.46. The Morgan fingerprint density at radius 2 is 1.75 bits per heavy atom. The molecule has 1 atom stereocenters. The lowest BCUT2D eigenvalue weighted by atomic mass is 9.97. The fourth-order valence-electron chi connectivity index (χ4n) is 3.24. The van der Waals surface area contributed by atoms with Gasteiger partial charge in [-0.3, -0.25) is 4.98 Å². The molecule has 0 aliphatic rings. The van der Waals surface area contributed by atoms with Gasteiger partial charge in [-0.2, -0.15) is 0 Å². The Bertz CT molecular complexity index is 1050. The first-order valence-corrected chi connectivity index (χ1v) is 10.4. The van der Waals surface area contributed by atoms with Crippen LogP contribution in [0.25, 0.3) is 11.1 Å². The van der Waals surface area contributed by atoms with Gasteiger partial charge in [-0.25, -0.2) is 0 Å².